The summed E-state index contributed by atoms with van der Waals surface area (Å²) in [6, 6.07) is 9.67. The molecule has 0 spiro atoms. The van der Waals surface area contributed by atoms with E-state index in [1.807, 2.05) is 37.3 Å². The van der Waals surface area contributed by atoms with E-state index >= 15 is 0 Å². The fourth-order valence-electron chi connectivity index (χ4n) is 1.13. The first-order chi connectivity index (χ1) is 7.18. The minimum absolute atomic E-state index is 0.165. The van der Waals surface area contributed by atoms with Crippen molar-refractivity contribution in [2.75, 3.05) is 0 Å². The molecule has 0 saturated heterocycles. The van der Waals surface area contributed by atoms with Crippen molar-refractivity contribution >= 4 is 5.97 Å². The van der Waals surface area contributed by atoms with Crippen LogP contribution in [0.25, 0.3) is 0 Å². The third-order valence-electron chi connectivity index (χ3n) is 2.00. The average Bonchev–Trinajstić information content (AvgIpc) is 2.25. The Morgan fingerprint density at radius 2 is 1.93 bits per heavy atom. The lowest BCUT2D eigenvalue weighted by atomic mass is 10.2. The van der Waals surface area contributed by atoms with Crippen LogP contribution < -0.4 is 0 Å². The van der Waals surface area contributed by atoms with Crippen molar-refractivity contribution in [2.45, 2.75) is 26.4 Å². The van der Waals surface area contributed by atoms with E-state index in [1.165, 1.54) is 0 Å². The number of carbonyl (C=O) groups is 1. The van der Waals surface area contributed by atoms with Crippen LogP contribution in [-0.4, -0.2) is 5.97 Å². The molecule has 0 aromatic heterocycles. The Hall–Kier alpha value is -1.57. The van der Waals surface area contributed by atoms with Crippen LogP contribution in [0.3, 0.4) is 0 Å². The lowest BCUT2D eigenvalue weighted by Crippen LogP contribution is -2.04. The molecule has 0 atom stereocenters. The zero-order valence-corrected chi connectivity index (χ0v) is 9.03. The van der Waals surface area contributed by atoms with Gasteiger partial charge in [0.15, 0.2) is 0 Å². The van der Waals surface area contributed by atoms with Gasteiger partial charge in [-0.25, -0.2) is 0 Å². The van der Waals surface area contributed by atoms with Gasteiger partial charge in [-0.05, 0) is 18.9 Å². The molecule has 2 nitrogen and oxygen atoms in total. The van der Waals surface area contributed by atoms with Crippen molar-refractivity contribution < 1.29 is 9.53 Å². The fourth-order valence-corrected chi connectivity index (χ4v) is 1.13. The zero-order chi connectivity index (χ0) is 11.1. The van der Waals surface area contributed by atoms with Gasteiger partial charge in [0.25, 0.3) is 0 Å². The van der Waals surface area contributed by atoms with Crippen LogP contribution in [0.1, 0.15) is 25.3 Å². The first-order valence-corrected chi connectivity index (χ1v) is 5.02. The number of benzene rings is 1. The summed E-state index contributed by atoms with van der Waals surface area (Å²) in [5, 5.41) is 0. The van der Waals surface area contributed by atoms with Gasteiger partial charge in [-0.1, -0.05) is 35.9 Å². The third kappa shape index (κ3) is 5.01. The molecule has 0 amide bonds. The van der Waals surface area contributed by atoms with Crippen LogP contribution in [0, 0.1) is 0 Å². The van der Waals surface area contributed by atoms with Crippen molar-refractivity contribution in [1.82, 2.24) is 0 Å². The Bertz CT molecular complexity index is 328. The Kier molecular flexibility index (Phi) is 4.61. The Labute approximate surface area is 90.6 Å². The van der Waals surface area contributed by atoms with E-state index in [1.54, 1.807) is 0 Å². The molecular weight excluding hydrogens is 188 g/mol. The average molecular weight is 204 g/mol. The van der Waals surface area contributed by atoms with Gasteiger partial charge in [0.05, 0.1) is 0 Å². The molecule has 80 valence electrons. The van der Waals surface area contributed by atoms with Crippen molar-refractivity contribution in [3.8, 4) is 0 Å². The van der Waals surface area contributed by atoms with Crippen LogP contribution in [0.5, 0.6) is 0 Å². The SMILES string of the molecule is C=C(C)CCC(=O)OCc1ccccc1. The standard InChI is InChI=1S/C13H16O2/c1-11(2)8-9-13(14)15-10-12-6-4-3-5-7-12/h3-7H,1,8-10H2,2H3. The molecule has 2 heteroatoms. The van der Waals surface area contributed by atoms with Crippen LogP contribution in [0.4, 0.5) is 0 Å². The number of hydrogen-bond acceptors (Lipinski definition) is 2. The second-order valence-corrected chi connectivity index (χ2v) is 3.60. The molecular formula is C13H16O2. The summed E-state index contributed by atoms with van der Waals surface area (Å²) in [6.45, 7) is 6.00. The first kappa shape index (κ1) is 11.5. The Morgan fingerprint density at radius 3 is 2.53 bits per heavy atom. The van der Waals surface area contributed by atoms with Crippen LogP contribution in [0.15, 0.2) is 42.5 Å². The van der Waals surface area contributed by atoms with E-state index in [4.69, 9.17) is 4.74 Å². The maximum atomic E-state index is 11.3. The molecule has 0 saturated carbocycles. The molecule has 0 fully saturated rings. The van der Waals surface area contributed by atoms with Gasteiger partial charge in [0.2, 0.25) is 0 Å². The highest BCUT2D eigenvalue weighted by atomic mass is 16.5. The maximum Gasteiger partial charge on any atom is 0.306 e. The van der Waals surface area contributed by atoms with Gasteiger partial charge in [-0.15, -0.1) is 6.58 Å². The van der Waals surface area contributed by atoms with E-state index in [-0.39, 0.29) is 5.97 Å². The highest BCUT2D eigenvalue weighted by Crippen LogP contribution is 2.05. The van der Waals surface area contributed by atoms with Gasteiger partial charge < -0.3 is 4.74 Å². The number of rotatable bonds is 5. The molecule has 0 N–H and O–H groups in total. The molecule has 15 heavy (non-hydrogen) atoms. The molecule has 1 rings (SSSR count). The molecule has 0 radical (unpaired) electrons. The zero-order valence-electron chi connectivity index (χ0n) is 9.03. The molecule has 0 aliphatic carbocycles. The van der Waals surface area contributed by atoms with Crippen molar-refractivity contribution in [3.05, 3.63) is 48.0 Å². The number of carbonyl (C=O) groups excluding carboxylic acids is 1. The van der Waals surface area contributed by atoms with Gasteiger partial charge in [-0.2, -0.15) is 0 Å². The highest BCUT2D eigenvalue weighted by molar-refractivity contribution is 5.69. The monoisotopic (exact) mass is 204 g/mol. The van der Waals surface area contributed by atoms with Gasteiger partial charge in [0.1, 0.15) is 6.61 Å². The fraction of sp³-hybridized carbons (Fsp3) is 0.308. The van der Waals surface area contributed by atoms with Crippen molar-refractivity contribution in [2.24, 2.45) is 0 Å². The van der Waals surface area contributed by atoms with E-state index in [2.05, 4.69) is 6.58 Å². The van der Waals surface area contributed by atoms with Gasteiger partial charge >= 0.3 is 5.97 Å². The first-order valence-electron chi connectivity index (χ1n) is 5.02. The van der Waals surface area contributed by atoms with E-state index in [0.29, 0.717) is 19.4 Å². The summed E-state index contributed by atoms with van der Waals surface area (Å²) in [4.78, 5) is 11.3. The second kappa shape index (κ2) is 6.02. The predicted molar refractivity (Wildman–Crippen MR) is 60.3 cm³/mol. The largest absolute Gasteiger partial charge is 0.461 e. The molecule has 0 aliphatic heterocycles. The second-order valence-electron chi connectivity index (χ2n) is 3.60. The molecule has 1 aromatic rings. The number of esters is 1. The van der Waals surface area contributed by atoms with Gasteiger partial charge in [-0.3, -0.25) is 4.79 Å². The molecule has 0 aliphatic rings. The quantitative estimate of drug-likeness (QED) is 0.544. The summed E-state index contributed by atoms with van der Waals surface area (Å²) in [6.07, 6.45) is 1.12. The minimum Gasteiger partial charge on any atom is -0.461 e. The van der Waals surface area contributed by atoms with E-state index in [9.17, 15) is 4.79 Å². The molecule has 0 unspecified atom stereocenters. The summed E-state index contributed by atoms with van der Waals surface area (Å²) < 4.78 is 5.10. The minimum atomic E-state index is -0.165. The van der Waals surface area contributed by atoms with Crippen LogP contribution in [-0.2, 0) is 16.1 Å². The molecule has 1 aromatic carbocycles. The van der Waals surface area contributed by atoms with Crippen LogP contribution in [0.2, 0.25) is 0 Å². The number of hydrogen-bond donors (Lipinski definition) is 0. The third-order valence-corrected chi connectivity index (χ3v) is 2.00. The van der Waals surface area contributed by atoms with E-state index < -0.39 is 0 Å². The summed E-state index contributed by atoms with van der Waals surface area (Å²) >= 11 is 0. The van der Waals surface area contributed by atoms with E-state index in [0.717, 1.165) is 11.1 Å². The van der Waals surface area contributed by atoms with Gasteiger partial charge in [0, 0.05) is 6.42 Å². The maximum absolute atomic E-state index is 11.3. The predicted octanol–water partition coefficient (Wildman–Crippen LogP) is 3.09. The number of allylic oxidation sites excluding steroid dienone is 1. The lowest BCUT2D eigenvalue weighted by Gasteiger charge is -2.04. The Balaban J connectivity index is 2.26. The van der Waals surface area contributed by atoms with Crippen molar-refractivity contribution in [3.63, 3.8) is 0 Å². The topological polar surface area (TPSA) is 26.3 Å². The summed E-state index contributed by atoms with van der Waals surface area (Å²) in [7, 11) is 0. The normalized spacial score (nSPS) is 9.67. The summed E-state index contributed by atoms with van der Waals surface area (Å²) in [5.74, 6) is -0.165. The number of ether oxygens (including phenoxy) is 1. The lowest BCUT2D eigenvalue weighted by molar-refractivity contribution is -0.144. The summed E-state index contributed by atoms with van der Waals surface area (Å²) in [5.41, 5.74) is 2.02. The molecule has 0 heterocycles. The smallest absolute Gasteiger partial charge is 0.306 e. The highest BCUT2D eigenvalue weighted by Gasteiger charge is 2.02. The Morgan fingerprint density at radius 1 is 1.27 bits per heavy atom. The van der Waals surface area contributed by atoms with Crippen LogP contribution >= 0.6 is 0 Å². The van der Waals surface area contributed by atoms with Crippen molar-refractivity contribution in [1.29, 1.82) is 0 Å². The molecule has 0 bridgehead atoms.